The number of rotatable bonds is 2. The summed E-state index contributed by atoms with van der Waals surface area (Å²) < 4.78 is 0. The Morgan fingerprint density at radius 1 is 1.82 bits per heavy atom. The molecule has 1 aliphatic rings. The molecular formula is C7H14N2O2. The number of nitrogens with two attached hydrogens (primary N) is 1. The quantitative estimate of drug-likeness (QED) is 0.537. The molecule has 1 fully saturated rings. The molecule has 0 saturated carbocycles. The number of likely N-dealkylation sites (tertiary alicyclic amines) is 1. The molecule has 1 unspecified atom stereocenters. The standard InChI is InChI=1S/C7H14N2O2/c1-2-9-4-3-7(11,5-9)6(8)10/h11H,2-5H2,1H3,(H2,8,10). The minimum atomic E-state index is -1.27. The molecule has 4 nitrogen and oxygen atoms in total. The van der Waals surface area contributed by atoms with E-state index in [-0.39, 0.29) is 0 Å². The average molecular weight is 158 g/mol. The molecule has 0 spiro atoms. The highest BCUT2D eigenvalue weighted by molar-refractivity contribution is 5.83. The van der Waals surface area contributed by atoms with Gasteiger partial charge in [-0.2, -0.15) is 0 Å². The zero-order valence-corrected chi connectivity index (χ0v) is 6.71. The predicted molar refractivity (Wildman–Crippen MR) is 40.9 cm³/mol. The largest absolute Gasteiger partial charge is 0.379 e. The van der Waals surface area contributed by atoms with Crippen molar-refractivity contribution in [3.05, 3.63) is 0 Å². The lowest BCUT2D eigenvalue weighted by Crippen LogP contribution is -2.45. The van der Waals surface area contributed by atoms with E-state index in [4.69, 9.17) is 5.73 Å². The maximum Gasteiger partial charge on any atom is 0.250 e. The molecule has 1 rings (SSSR count). The number of likely N-dealkylation sites (N-methyl/N-ethyl adjacent to an activating group) is 1. The summed E-state index contributed by atoms with van der Waals surface area (Å²) in [7, 11) is 0. The van der Waals surface area contributed by atoms with Gasteiger partial charge in [0.05, 0.1) is 0 Å². The van der Waals surface area contributed by atoms with Gasteiger partial charge >= 0.3 is 0 Å². The van der Waals surface area contributed by atoms with E-state index in [2.05, 4.69) is 0 Å². The molecule has 3 N–H and O–H groups in total. The van der Waals surface area contributed by atoms with Crippen molar-refractivity contribution in [3.8, 4) is 0 Å². The molecule has 1 atom stereocenters. The van der Waals surface area contributed by atoms with E-state index in [1.807, 2.05) is 11.8 Å². The second-order valence-corrected chi connectivity index (χ2v) is 3.01. The Labute approximate surface area is 66.0 Å². The monoisotopic (exact) mass is 158 g/mol. The van der Waals surface area contributed by atoms with Gasteiger partial charge in [-0.15, -0.1) is 0 Å². The molecule has 0 aromatic rings. The Bertz CT molecular complexity index is 172. The van der Waals surface area contributed by atoms with Crippen molar-refractivity contribution < 1.29 is 9.90 Å². The number of hydrogen-bond donors (Lipinski definition) is 2. The van der Waals surface area contributed by atoms with Crippen molar-refractivity contribution in [1.82, 2.24) is 4.90 Å². The molecule has 0 aromatic heterocycles. The van der Waals surface area contributed by atoms with E-state index in [0.717, 1.165) is 13.1 Å². The number of carbonyl (C=O) groups is 1. The molecule has 1 aliphatic heterocycles. The van der Waals surface area contributed by atoms with Gasteiger partial charge in [-0.25, -0.2) is 0 Å². The van der Waals surface area contributed by atoms with Gasteiger partial charge < -0.3 is 15.7 Å². The summed E-state index contributed by atoms with van der Waals surface area (Å²) in [5.41, 5.74) is 3.77. The SMILES string of the molecule is CCN1CCC(O)(C(N)=O)C1. The molecule has 0 aromatic carbocycles. The van der Waals surface area contributed by atoms with Gasteiger partial charge in [0.25, 0.3) is 5.91 Å². The molecule has 0 aliphatic carbocycles. The van der Waals surface area contributed by atoms with Crippen LogP contribution in [0.15, 0.2) is 0 Å². The van der Waals surface area contributed by atoms with Crippen LogP contribution in [0.4, 0.5) is 0 Å². The summed E-state index contributed by atoms with van der Waals surface area (Å²) in [6.45, 7) is 4.00. The number of nitrogens with zero attached hydrogens (tertiary/aromatic N) is 1. The van der Waals surface area contributed by atoms with E-state index in [9.17, 15) is 9.90 Å². The molecule has 1 heterocycles. The van der Waals surface area contributed by atoms with Crippen LogP contribution in [0.25, 0.3) is 0 Å². The van der Waals surface area contributed by atoms with Crippen LogP contribution in [0.1, 0.15) is 13.3 Å². The molecular weight excluding hydrogens is 144 g/mol. The van der Waals surface area contributed by atoms with E-state index in [0.29, 0.717) is 13.0 Å². The second-order valence-electron chi connectivity index (χ2n) is 3.01. The molecule has 4 heteroatoms. The zero-order chi connectivity index (χ0) is 8.48. The Kier molecular flexibility index (Phi) is 2.15. The fourth-order valence-electron chi connectivity index (χ4n) is 1.34. The molecule has 1 amide bonds. The van der Waals surface area contributed by atoms with Crippen molar-refractivity contribution in [2.24, 2.45) is 5.73 Å². The second kappa shape index (κ2) is 2.79. The first-order chi connectivity index (χ1) is 5.08. The lowest BCUT2D eigenvalue weighted by molar-refractivity contribution is -0.134. The topological polar surface area (TPSA) is 66.6 Å². The third kappa shape index (κ3) is 1.52. The van der Waals surface area contributed by atoms with E-state index in [1.165, 1.54) is 0 Å². The average Bonchev–Trinajstić information content (AvgIpc) is 2.33. The number of hydrogen-bond acceptors (Lipinski definition) is 3. The fourth-order valence-corrected chi connectivity index (χ4v) is 1.34. The first kappa shape index (κ1) is 8.49. The maximum absolute atomic E-state index is 10.7. The van der Waals surface area contributed by atoms with Crippen molar-refractivity contribution >= 4 is 5.91 Å². The Balaban J connectivity index is 2.57. The highest BCUT2D eigenvalue weighted by Crippen LogP contribution is 2.19. The molecule has 0 bridgehead atoms. The van der Waals surface area contributed by atoms with Crippen LogP contribution >= 0.6 is 0 Å². The molecule has 0 radical (unpaired) electrons. The van der Waals surface area contributed by atoms with Crippen LogP contribution in [0, 0.1) is 0 Å². The summed E-state index contributed by atoms with van der Waals surface area (Å²) in [5, 5.41) is 9.55. The molecule has 1 saturated heterocycles. The Morgan fingerprint density at radius 2 is 2.45 bits per heavy atom. The van der Waals surface area contributed by atoms with E-state index >= 15 is 0 Å². The predicted octanol–water partition coefficient (Wildman–Crippen LogP) is -1.07. The summed E-state index contributed by atoms with van der Waals surface area (Å²) in [5.74, 6) is -0.603. The highest BCUT2D eigenvalue weighted by atomic mass is 16.3. The molecule has 11 heavy (non-hydrogen) atoms. The molecule has 64 valence electrons. The van der Waals surface area contributed by atoms with Gasteiger partial charge in [0, 0.05) is 13.1 Å². The summed E-state index contributed by atoms with van der Waals surface area (Å²) >= 11 is 0. The fraction of sp³-hybridized carbons (Fsp3) is 0.857. The number of β-amino-alcohol motifs (C(OH)–C–C–N with tert-alkyl or cyclic N) is 1. The summed E-state index contributed by atoms with van der Waals surface area (Å²) in [4.78, 5) is 12.7. The van der Waals surface area contributed by atoms with Crippen LogP contribution in [0.3, 0.4) is 0 Å². The normalized spacial score (nSPS) is 32.5. The third-order valence-electron chi connectivity index (χ3n) is 2.23. The highest BCUT2D eigenvalue weighted by Gasteiger charge is 2.40. The van der Waals surface area contributed by atoms with E-state index in [1.54, 1.807) is 0 Å². The van der Waals surface area contributed by atoms with Crippen LogP contribution in [0.5, 0.6) is 0 Å². The first-order valence-electron chi connectivity index (χ1n) is 3.83. The minimum Gasteiger partial charge on any atom is -0.379 e. The van der Waals surface area contributed by atoms with Gasteiger partial charge in [-0.3, -0.25) is 4.79 Å². The van der Waals surface area contributed by atoms with Crippen LogP contribution in [0.2, 0.25) is 0 Å². The lowest BCUT2D eigenvalue weighted by Gasteiger charge is -2.18. The van der Waals surface area contributed by atoms with Gasteiger partial charge in [0.2, 0.25) is 0 Å². The number of aliphatic hydroxyl groups is 1. The number of carbonyl (C=O) groups excluding carboxylic acids is 1. The van der Waals surface area contributed by atoms with Crippen LogP contribution in [-0.2, 0) is 4.79 Å². The van der Waals surface area contributed by atoms with Crippen molar-refractivity contribution in [2.75, 3.05) is 19.6 Å². The maximum atomic E-state index is 10.7. The van der Waals surface area contributed by atoms with Crippen LogP contribution in [-0.4, -0.2) is 41.1 Å². The van der Waals surface area contributed by atoms with E-state index < -0.39 is 11.5 Å². The van der Waals surface area contributed by atoms with Gasteiger partial charge in [-0.1, -0.05) is 6.92 Å². The Hall–Kier alpha value is -0.610. The van der Waals surface area contributed by atoms with Gasteiger partial charge in [-0.05, 0) is 13.0 Å². The lowest BCUT2D eigenvalue weighted by atomic mass is 10.0. The Morgan fingerprint density at radius 3 is 2.73 bits per heavy atom. The number of primary amides is 1. The van der Waals surface area contributed by atoms with Crippen molar-refractivity contribution in [3.63, 3.8) is 0 Å². The zero-order valence-electron chi connectivity index (χ0n) is 6.71. The summed E-state index contributed by atoms with van der Waals surface area (Å²) in [6, 6.07) is 0. The van der Waals surface area contributed by atoms with Gasteiger partial charge in [0.15, 0.2) is 5.60 Å². The van der Waals surface area contributed by atoms with Crippen LogP contribution < -0.4 is 5.73 Å². The van der Waals surface area contributed by atoms with Gasteiger partial charge in [0.1, 0.15) is 0 Å². The smallest absolute Gasteiger partial charge is 0.250 e. The number of amides is 1. The third-order valence-corrected chi connectivity index (χ3v) is 2.23. The summed E-state index contributed by atoms with van der Waals surface area (Å²) in [6.07, 6.45) is 0.468. The van der Waals surface area contributed by atoms with Crippen molar-refractivity contribution in [1.29, 1.82) is 0 Å². The first-order valence-corrected chi connectivity index (χ1v) is 3.83. The minimum absolute atomic E-state index is 0.388. The van der Waals surface area contributed by atoms with Crippen molar-refractivity contribution in [2.45, 2.75) is 18.9 Å².